The number of hydrogen-bond donors (Lipinski definition) is 2. The molecule has 3 heterocycles. The molecule has 3 aromatic rings. The molecule has 2 N–H and O–H groups in total. The second kappa shape index (κ2) is 9.65. The summed E-state index contributed by atoms with van der Waals surface area (Å²) in [6.45, 7) is 3.23. The van der Waals surface area contributed by atoms with E-state index in [1.54, 1.807) is 12.3 Å². The van der Waals surface area contributed by atoms with Gasteiger partial charge in [0.15, 0.2) is 12.1 Å². The molecule has 37 heavy (non-hydrogen) atoms. The molecule has 192 valence electrons. The SMILES string of the molecule is Cc1ncccc1NC(=O)c1ccc2c(c1)COC(O)C1CC3(CCC21Cc1ccccc1)OCCO3. The van der Waals surface area contributed by atoms with Gasteiger partial charge in [-0.15, -0.1) is 0 Å². The zero-order valence-electron chi connectivity index (χ0n) is 21.0. The Labute approximate surface area is 216 Å². The van der Waals surface area contributed by atoms with Gasteiger partial charge in [-0.2, -0.15) is 0 Å². The minimum atomic E-state index is -0.976. The van der Waals surface area contributed by atoms with Crippen molar-refractivity contribution in [1.29, 1.82) is 0 Å². The number of aliphatic hydroxyl groups is 1. The Hall–Kier alpha value is -3.10. The number of pyridine rings is 1. The number of anilines is 1. The molecule has 7 heteroatoms. The maximum Gasteiger partial charge on any atom is 0.255 e. The second-order valence-corrected chi connectivity index (χ2v) is 10.4. The first-order valence-electron chi connectivity index (χ1n) is 13.0. The molecule has 1 spiro atoms. The lowest BCUT2D eigenvalue weighted by atomic mass is 9.57. The molecule has 3 unspecified atom stereocenters. The third-order valence-electron chi connectivity index (χ3n) is 8.28. The van der Waals surface area contributed by atoms with Crippen LogP contribution in [-0.2, 0) is 32.7 Å². The van der Waals surface area contributed by atoms with Crippen molar-refractivity contribution in [2.75, 3.05) is 18.5 Å². The van der Waals surface area contributed by atoms with E-state index in [0.717, 1.165) is 36.1 Å². The minimum absolute atomic E-state index is 0.201. The number of aryl methyl sites for hydroxylation is 1. The van der Waals surface area contributed by atoms with E-state index in [1.807, 2.05) is 43.3 Å². The largest absolute Gasteiger partial charge is 0.368 e. The van der Waals surface area contributed by atoms with Gasteiger partial charge in [0, 0.05) is 35.9 Å². The summed E-state index contributed by atoms with van der Waals surface area (Å²) >= 11 is 0. The summed E-state index contributed by atoms with van der Waals surface area (Å²) in [5.41, 5.74) is 4.85. The van der Waals surface area contributed by atoms with Crippen LogP contribution in [0.4, 0.5) is 5.69 Å². The normalized spacial score (nSPS) is 26.2. The number of benzene rings is 2. The third kappa shape index (κ3) is 4.46. The predicted molar refractivity (Wildman–Crippen MR) is 138 cm³/mol. The van der Waals surface area contributed by atoms with E-state index in [9.17, 15) is 9.90 Å². The van der Waals surface area contributed by atoms with Crippen molar-refractivity contribution >= 4 is 11.6 Å². The van der Waals surface area contributed by atoms with Crippen molar-refractivity contribution in [2.24, 2.45) is 5.92 Å². The van der Waals surface area contributed by atoms with Crippen LogP contribution in [0.15, 0.2) is 66.9 Å². The highest BCUT2D eigenvalue weighted by molar-refractivity contribution is 6.04. The van der Waals surface area contributed by atoms with Crippen LogP contribution in [0.25, 0.3) is 0 Å². The van der Waals surface area contributed by atoms with Gasteiger partial charge >= 0.3 is 0 Å². The van der Waals surface area contributed by atoms with Gasteiger partial charge in [0.25, 0.3) is 5.91 Å². The number of amides is 1. The fourth-order valence-corrected chi connectivity index (χ4v) is 6.42. The number of aromatic nitrogens is 1. The molecular formula is C30H32N2O5. The first-order chi connectivity index (χ1) is 18.0. The van der Waals surface area contributed by atoms with E-state index in [0.29, 0.717) is 30.9 Å². The van der Waals surface area contributed by atoms with Crippen molar-refractivity contribution in [3.05, 3.63) is 94.8 Å². The highest BCUT2D eigenvalue weighted by Crippen LogP contribution is 2.55. The number of nitrogens with zero attached hydrogens (tertiary/aromatic N) is 1. The number of carbonyl (C=O) groups is 1. The molecule has 0 bridgehead atoms. The van der Waals surface area contributed by atoms with E-state index < -0.39 is 12.1 Å². The Morgan fingerprint density at radius 3 is 2.68 bits per heavy atom. The third-order valence-corrected chi connectivity index (χ3v) is 8.28. The lowest BCUT2D eigenvalue weighted by Gasteiger charge is -2.50. The van der Waals surface area contributed by atoms with Gasteiger partial charge < -0.3 is 24.6 Å². The van der Waals surface area contributed by atoms with Gasteiger partial charge in [-0.3, -0.25) is 9.78 Å². The van der Waals surface area contributed by atoms with E-state index in [2.05, 4.69) is 28.5 Å². The average Bonchev–Trinajstić information content (AvgIpc) is 3.34. The molecule has 7 nitrogen and oxygen atoms in total. The first kappa shape index (κ1) is 24.2. The number of carbonyl (C=O) groups excluding carboxylic acids is 1. The molecule has 6 rings (SSSR count). The van der Waals surface area contributed by atoms with Crippen LogP contribution in [0.2, 0.25) is 0 Å². The second-order valence-electron chi connectivity index (χ2n) is 10.4. The standard InChI is InChI=1S/C30H32N2O5/c1-20-26(8-5-13-31-20)32-27(33)22-9-10-24-23(16-22)19-35-28(34)25-18-30(36-14-15-37-30)12-11-29(24,25)17-21-6-3-2-4-7-21/h2-10,13,16,25,28,34H,11-12,14-15,17-19H2,1H3,(H,32,33). The maximum atomic E-state index is 13.2. The van der Waals surface area contributed by atoms with Crippen LogP contribution < -0.4 is 5.32 Å². The zero-order chi connectivity index (χ0) is 25.5. The van der Waals surface area contributed by atoms with Gasteiger partial charge in [0.05, 0.1) is 31.2 Å². The fraction of sp³-hybridized carbons (Fsp3) is 0.400. The maximum absolute atomic E-state index is 13.2. The lowest BCUT2D eigenvalue weighted by molar-refractivity contribution is -0.237. The topological polar surface area (TPSA) is 89.9 Å². The van der Waals surface area contributed by atoms with Crippen molar-refractivity contribution in [2.45, 2.75) is 56.7 Å². The number of aliphatic hydroxyl groups excluding tert-OH is 1. The van der Waals surface area contributed by atoms with Crippen molar-refractivity contribution in [3.8, 4) is 0 Å². The Morgan fingerprint density at radius 2 is 1.89 bits per heavy atom. The molecule has 2 fully saturated rings. The fourth-order valence-electron chi connectivity index (χ4n) is 6.42. The van der Waals surface area contributed by atoms with E-state index in [4.69, 9.17) is 14.2 Å². The van der Waals surface area contributed by atoms with Crippen molar-refractivity contribution in [1.82, 2.24) is 4.98 Å². The molecule has 2 aliphatic heterocycles. The quantitative estimate of drug-likeness (QED) is 0.548. The summed E-state index contributed by atoms with van der Waals surface area (Å²) in [5.74, 6) is -1.09. The number of hydrogen-bond acceptors (Lipinski definition) is 6. The van der Waals surface area contributed by atoms with Gasteiger partial charge in [-0.25, -0.2) is 0 Å². The summed E-state index contributed by atoms with van der Waals surface area (Å²) in [5, 5.41) is 14.3. The Balaban J connectivity index is 1.39. The Kier molecular flexibility index (Phi) is 6.32. The molecule has 1 aromatic heterocycles. The minimum Gasteiger partial charge on any atom is -0.368 e. The van der Waals surface area contributed by atoms with Gasteiger partial charge in [0.1, 0.15) is 0 Å². The summed E-state index contributed by atoms with van der Waals surface area (Å²) in [6.07, 6.45) is 3.56. The Morgan fingerprint density at radius 1 is 1.08 bits per heavy atom. The van der Waals surface area contributed by atoms with Crippen LogP contribution >= 0.6 is 0 Å². The highest BCUT2D eigenvalue weighted by Gasteiger charge is 2.56. The summed E-state index contributed by atoms with van der Waals surface area (Å²) < 4.78 is 18.2. The van der Waals surface area contributed by atoms with Crippen LogP contribution in [0.3, 0.4) is 0 Å². The monoisotopic (exact) mass is 500 g/mol. The molecule has 3 atom stereocenters. The van der Waals surface area contributed by atoms with E-state index >= 15 is 0 Å². The number of ether oxygens (including phenoxy) is 3. The molecule has 1 saturated carbocycles. The molecule has 1 amide bonds. The average molecular weight is 501 g/mol. The molecular weight excluding hydrogens is 468 g/mol. The van der Waals surface area contributed by atoms with Crippen LogP contribution in [-0.4, -0.2) is 41.3 Å². The predicted octanol–water partition coefficient (Wildman–Crippen LogP) is 4.51. The van der Waals surface area contributed by atoms with Gasteiger partial charge in [0.2, 0.25) is 0 Å². The van der Waals surface area contributed by atoms with Gasteiger partial charge in [-0.1, -0.05) is 36.4 Å². The summed E-state index contributed by atoms with van der Waals surface area (Å²) in [6, 6.07) is 19.9. The first-order valence-corrected chi connectivity index (χ1v) is 13.0. The zero-order valence-corrected chi connectivity index (χ0v) is 21.0. The molecule has 3 aliphatic rings. The number of fused-ring (bicyclic) bond motifs is 3. The molecule has 0 radical (unpaired) electrons. The van der Waals surface area contributed by atoms with Crippen molar-refractivity contribution in [3.63, 3.8) is 0 Å². The van der Waals surface area contributed by atoms with E-state index in [1.165, 1.54) is 5.56 Å². The number of nitrogens with one attached hydrogen (secondary N) is 1. The van der Waals surface area contributed by atoms with Crippen LogP contribution in [0, 0.1) is 12.8 Å². The molecule has 2 aromatic carbocycles. The van der Waals surface area contributed by atoms with Crippen LogP contribution in [0.1, 0.15) is 52.0 Å². The summed E-state index contributed by atoms with van der Waals surface area (Å²) in [7, 11) is 0. The smallest absolute Gasteiger partial charge is 0.255 e. The highest BCUT2D eigenvalue weighted by atomic mass is 16.7. The van der Waals surface area contributed by atoms with Gasteiger partial charge in [-0.05, 0) is 60.7 Å². The Bertz CT molecular complexity index is 1290. The van der Waals surface area contributed by atoms with E-state index in [-0.39, 0.29) is 23.8 Å². The van der Waals surface area contributed by atoms with Crippen LogP contribution in [0.5, 0.6) is 0 Å². The number of rotatable bonds is 4. The van der Waals surface area contributed by atoms with Crippen molar-refractivity contribution < 1.29 is 24.1 Å². The molecule has 1 aliphatic carbocycles. The molecule has 1 saturated heterocycles. The lowest BCUT2D eigenvalue weighted by Crippen LogP contribution is -2.53. The summed E-state index contributed by atoms with van der Waals surface area (Å²) in [4.78, 5) is 17.4.